The Morgan fingerprint density at radius 3 is 2.60 bits per heavy atom. The molecule has 0 saturated carbocycles. The summed E-state index contributed by atoms with van der Waals surface area (Å²) in [6, 6.07) is 7.54. The maximum Gasteiger partial charge on any atom is 0.317 e. The average Bonchev–Trinajstić information content (AvgIpc) is 2.38. The van der Waals surface area contributed by atoms with Gasteiger partial charge in [0.2, 0.25) is 5.91 Å². The van der Waals surface area contributed by atoms with Gasteiger partial charge >= 0.3 is 5.97 Å². The van der Waals surface area contributed by atoms with Gasteiger partial charge in [0.15, 0.2) is 0 Å². The van der Waals surface area contributed by atoms with Gasteiger partial charge in [-0.2, -0.15) is 0 Å². The van der Waals surface area contributed by atoms with Crippen molar-refractivity contribution >= 4 is 29.3 Å². The third-order valence-corrected chi connectivity index (χ3v) is 3.44. The molecule has 0 radical (unpaired) electrons. The number of carbonyl (C=O) groups excluding carboxylic acids is 1. The van der Waals surface area contributed by atoms with Crippen LogP contribution in [0.15, 0.2) is 29.2 Å². The molecule has 110 valence electrons. The second-order valence-corrected chi connectivity index (χ2v) is 5.20. The minimum absolute atomic E-state index is 0.0862. The molecule has 6 heteroatoms. The summed E-state index contributed by atoms with van der Waals surface area (Å²) in [6.45, 7) is 2.51. The molecule has 1 aromatic carbocycles. The zero-order valence-corrected chi connectivity index (χ0v) is 12.6. The number of hydrogen-bond acceptors (Lipinski definition) is 4. The molecule has 0 aliphatic carbocycles. The highest BCUT2D eigenvalue weighted by Crippen LogP contribution is 2.24. The number of benzene rings is 1. The smallest absolute Gasteiger partial charge is 0.317 e. The molecule has 0 unspecified atom stereocenters. The number of hydrogen-bond donors (Lipinski definition) is 2. The van der Waals surface area contributed by atoms with E-state index < -0.39 is 5.97 Å². The topological polar surface area (TPSA) is 69.6 Å². The van der Waals surface area contributed by atoms with Gasteiger partial charge in [-0.1, -0.05) is 19.1 Å². The Kier molecular flexibility index (Phi) is 7.11. The molecule has 1 amide bonds. The minimum Gasteiger partial charge on any atom is -0.480 e. The van der Waals surface area contributed by atoms with Crippen LogP contribution in [0.4, 0.5) is 5.69 Å². The van der Waals surface area contributed by atoms with Gasteiger partial charge in [0.25, 0.3) is 0 Å². The van der Waals surface area contributed by atoms with Crippen molar-refractivity contribution in [2.75, 3.05) is 31.2 Å². The number of carboxylic acids is 1. The van der Waals surface area contributed by atoms with Crippen molar-refractivity contribution < 1.29 is 14.7 Å². The fraction of sp³-hybridized carbons (Fsp3) is 0.429. The van der Waals surface area contributed by atoms with Crippen molar-refractivity contribution in [3.8, 4) is 0 Å². The quantitative estimate of drug-likeness (QED) is 0.719. The Morgan fingerprint density at radius 1 is 1.30 bits per heavy atom. The largest absolute Gasteiger partial charge is 0.480 e. The molecule has 5 nitrogen and oxygen atoms in total. The number of carbonyl (C=O) groups is 2. The van der Waals surface area contributed by atoms with Crippen LogP contribution in [-0.4, -0.2) is 47.8 Å². The zero-order chi connectivity index (χ0) is 15.0. The van der Waals surface area contributed by atoms with E-state index in [1.165, 1.54) is 0 Å². The number of anilines is 1. The summed E-state index contributed by atoms with van der Waals surface area (Å²) < 4.78 is 0. The number of nitrogens with zero attached hydrogens (tertiary/aromatic N) is 1. The lowest BCUT2D eigenvalue weighted by Crippen LogP contribution is -2.37. The molecule has 0 heterocycles. The van der Waals surface area contributed by atoms with Crippen molar-refractivity contribution in [1.29, 1.82) is 0 Å². The van der Waals surface area contributed by atoms with E-state index in [-0.39, 0.29) is 19.0 Å². The lowest BCUT2D eigenvalue weighted by atomic mass is 10.3. The third-order valence-electron chi connectivity index (χ3n) is 2.65. The monoisotopic (exact) mass is 296 g/mol. The molecule has 0 aliphatic rings. The van der Waals surface area contributed by atoms with Crippen molar-refractivity contribution in [3.63, 3.8) is 0 Å². The van der Waals surface area contributed by atoms with Gasteiger partial charge in [-0.15, -0.1) is 11.8 Å². The normalized spacial score (nSPS) is 10.6. The number of nitrogens with one attached hydrogen (secondary N) is 1. The molecular formula is C14H20N2O3S. The summed E-state index contributed by atoms with van der Waals surface area (Å²) in [7, 11) is 0. The minimum atomic E-state index is -0.921. The average molecular weight is 296 g/mol. The predicted molar refractivity (Wildman–Crippen MR) is 81.2 cm³/mol. The van der Waals surface area contributed by atoms with Crippen LogP contribution in [0.1, 0.15) is 13.3 Å². The molecule has 1 aromatic rings. The van der Waals surface area contributed by atoms with E-state index in [0.29, 0.717) is 6.54 Å². The van der Waals surface area contributed by atoms with Gasteiger partial charge in [-0.05, 0) is 31.4 Å². The van der Waals surface area contributed by atoms with E-state index in [0.717, 1.165) is 17.0 Å². The molecular weight excluding hydrogens is 276 g/mol. The number of amides is 1. The third kappa shape index (κ3) is 5.63. The van der Waals surface area contributed by atoms with Crippen LogP contribution in [0.2, 0.25) is 0 Å². The molecule has 0 saturated heterocycles. The van der Waals surface area contributed by atoms with E-state index >= 15 is 0 Å². The number of thioether (sulfide) groups is 1. The van der Waals surface area contributed by atoms with Gasteiger partial charge < -0.3 is 10.4 Å². The summed E-state index contributed by atoms with van der Waals surface area (Å²) in [5.74, 6) is -1.11. The fourth-order valence-corrected chi connectivity index (χ4v) is 2.42. The maximum absolute atomic E-state index is 12.0. The van der Waals surface area contributed by atoms with Gasteiger partial charge in [0, 0.05) is 4.90 Å². The standard InChI is InChI=1S/C14H20N2O3S/c1-3-8-16(10-14(18)19)9-13(17)15-11-6-4-5-7-12(11)20-2/h4-7H,3,8-10H2,1-2H3,(H,15,17)(H,18,19). The summed E-state index contributed by atoms with van der Waals surface area (Å²) >= 11 is 1.55. The van der Waals surface area contributed by atoms with Crippen molar-refractivity contribution in [1.82, 2.24) is 4.90 Å². The van der Waals surface area contributed by atoms with Gasteiger partial charge in [-0.3, -0.25) is 14.5 Å². The molecule has 0 aliphatic heterocycles. The highest BCUT2D eigenvalue weighted by molar-refractivity contribution is 7.98. The molecule has 1 rings (SSSR count). The van der Waals surface area contributed by atoms with Crippen LogP contribution in [0.25, 0.3) is 0 Å². The van der Waals surface area contributed by atoms with Crippen LogP contribution in [0.3, 0.4) is 0 Å². The van der Waals surface area contributed by atoms with E-state index in [1.807, 2.05) is 37.4 Å². The SMILES string of the molecule is CCCN(CC(=O)O)CC(=O)Nc1ccccc1SC. The molecule has 0 atom stereocenters. The van der Waals surface area contributed by atoms with Crippen LogP contribution in [0, 0.1) is 0 Å². The first kappa shape index (κ1) is 16.5. The highest BCUT2D eigenvalue weighted by Gasteiger charge is 2.14. The van der Waals surface area contributed by atoms with Gasteiger partial charge in [-0.25, -0.2) is 0 Å². The van der Waals surface area contributed by atoms with E-state index in [2.05, 4.69) is 5.32 Å². The molecule has 2 N–H and O–H groups in total. The second-order valence-electron chi connectivity index (χ2n) is 4.35. The molecule has 0 bridgehead atoms. The number of carboxylic acid groups (broad SMARTS) is 1. The Bertz CT molecular complexity index is 465. The molecule has 0 spiro atoms. The second kappa shape index (κ2) is 8.60. The van der Waals surface area contributed by atoms with E-state index in [1.54, 1.807) is 16.7 Å². The Hall–Kier alpha value is -1.53. The number of rotatable bonds is 8. The summed E-state index contributed by atoms with van der Waals surface area (Å²) in [4.78, 5) is 25.4. The number of para-hydroxylation sites is 1. The van der Waals surface area contributed by atoms with Crippen molar-refractivity contribution in [2.24, 2.45) is 0 Å². The van der Waals surface area contributed by atoms with E-state index in [9.17, 15) is 9.59 Å². The van der Waals surface area contributed by atoms with Gasteiger partial charge in [0.1, 0.15) is 0 Å². The lowest BCUT2D eigenvalue weighted by molar-refractivity contribution is -0.138. The molecule has 20 heavy (non-hydrogen) atoms. The summed E-state index contributed by atoms with van der Waals surface area (Å²) in [6.07, 6.45) is 2.75. The van der Waals surface area contributed by atoms with E-state index in [4.69, 9.17) is 5.11 Å². The Labute approximate surface area is 123 Å². The zero-order valence-electron chi connectivity index (χ0n) is 11.8. The highest BCUT2D eigenvalue weighted by atomic mass is 32.2. The van der Waals surface area contributed by atoms with Gasteiger partial charge in [0.05, 0.1) is 18.8 Å². The maximum atomic E-state index is 12.0. The summed E-state index contributed by atoms with van der Waals surface area (Å²) in [5.41, 5.74) is 0.761. The van der Waals surface area contributed by atoms with Crippen LogP contribution < -0.4 is 5.32 Å². The Balaban J connectivity index is 2.62. The molecule has 0 aromatic heterocycles. The first-order chi connectivity index (χ1) is 9.56. The first-order valence-electron chi connectivity index (χ1n) is 6.43. The molecule has 0 fully saturated rings. The lowest BCUT2D eigenvalue weighted by Gasteiger charge is -2.19. The first-order valence-corrected chi connectivity index (χ1v) is 7.66. The number of aliphatic carboxylic acids is 1. The summed E-state index contributed by atoms with van der Waals surface area (Å²) in [5, 5.41) is 11.6. The predicted octanol–water partition coefficient (Wildman–Crippen LogP) is 2.14. The fourth-order valence-electron chi connectivity index (χ4n) is 1.86. The Morgan fingerprint density at radius 2 is 2.00 bits per heavy atom. The van der Waals surface area contributed by atoms with Crippen molar-refractivity contribution in [2.45, 2.75) is 18.2 Å². The van der Waals surface area contributed by atoms with Crippen LogP contribution >= 0.6 is 11.8 Å². The van der Waals surface area contributed by atoms with Crippen LogP contribution in [-0.2, 0) is 9.59 Å². The van der Waals surface area contributed by atoms with Crippen molar-refractivity contribution in [3.05, 3.63) is 24.3 Å². The van der Waals surface area contributed by atoms with Crippen LogP contribution in [0.5, 0.6) is 0 Å².